The Bertz CT molecular complexity index is 415. The number of aliphatic hydroxyl groups is 2. The van der Waals surface area contributed by atoms with Crippen LogP contribution in [0.2, 0.25) is 0 Å². The van der Waals surface area contributed by atoms with Gasteiger partial charge in [-0.15, -0.1) is 0 Å². The summed E-state index contributed by atoms with van der Waals surface area (Å²) in [6.45, 7) is 5.67. The molecule has 0 heterocycles. The van der Waals surface area contributed by atoms with Gasteiger partial charge in [0, 0.05) is 12.6 Å². The van der Waals surface area contributed by atoms with E-state index in [2.05, 4.69) is 5.32 Å². The number of rotatable bonds is 7. The Hall–Kier alpha value is -1.39. The van der Waals surface area contributed by atoms with Crippen molar-refractivity contribution in [1.29, 1.82) is 0 Å². The van der Waals surface area contributed by atoms with Crippen LogP contribution in [0.1, 0.15) is 39.2 Å². The number of benzene rings is 1. The predicted octanol–water partition coefficient (Wildman–Crippen LogP) is 1.81. The lowest BCUT2D eigenvalue weighted by Gasteiger charge is -2.26. The smallest absolute Gasteiger partial charge is 0.223 e. The molecular weight excluding hydrogens is 254 g/mol. The summed E-state index contributed by atoms with van der Waals surface area (Å²) in [6, 6.07) is 9.09. The average Bonchev–Trinajstić information content (AvgIpc) is 2.38. The minimum Gasteiger partial charge on any atom is -0.396 e. The van der Waals surface area contributed by atoms with Crippen LogP contribution in [0.25, 0.3) is 0 Å². The lowest BCUT2D eigenvalue weighted by molar-refractivity contribution is -0.127. The van der Waals surface area contributed by atoms with E-state index in [9.17, 15) is 9.90 Å². The normalized spacial score (nSPS) is 15.7. The number of hydrogen-bond acceptors (Lipinski definition) is 3. The van der Waals surface area contributed by atoms with E-state index in [1.807, 2.05) is 32.0 Å². The van der Waals surface area contributed by atoms with Crippen molar-refractivity contribution >= 4 is 5.91 Å². The topological polar surface area (TPSA) is 69.6 Å². The van der Waals surface area contributed by atoms with Gasteiger partial charge in [0.2, 0.25) is 5.91 Å². The van der Waals surface area contributed by atoms with Crippen molar-refractivity contribution in [2.75, 3.05) is 6.61 Å². The Balaban J connectivity index is 2.65. The monoisotopic (exact) mass is 279 g/mol. The van der Waals surface area contributed by atoms with Gasteiger partial charge in [-0.1, -0.05) is 44.2 Å². The summed E-state index contributed by atoms with van der Waals surface area (Å²) >= 11 is 0. The molecule has 0 aliphatic heterocycles. The third kappa shape index (κ3) is 4.94. The molecule has 0 fully saturated rings. The second-order valence-corrected chi connectivity index (χ2v) is 5.75. The summed E-state index contributed by atoms with van der Waals surface area (Å²) in [6.07, 6.45) is 0.530. The zero-order valence-corrected chi connectivity index (χ0v) is 12.5. The van der Waals surface area contributed by atoms with Gasteiger partial charge >= 0.3 is 0 Å². The number of carbonyl (C=O) groups is 1. The lowest BCUT2D eigenvalue weighted by atomic mass is 9.91. The van der Waals surface area contributed by atoms with Crippen LogP contribution in [0.4, 0.5) is 0 Å². The van der Waals surface area contributed by atoms with E-state index in [1.165, 1.54) is 0 Å². The van der Waals surface area contributed by atoms with Gasteiger partial charge in [0.15, 0.2) is 0 Å². The van der Waals surface area contributed by atoms with Crippen molar-refractivity contribution in [2.24, 2.45) is 5.92 Å². The summed E-state index contributed by atoms with van der Waals surface area (Å²) in [5, 5.41) is 22.3. The van der Waals surface area contributed by atoms with E-state index >= 15 is 0 Å². The third-order valence-corrected chi connectivity index (χ3v) is 3.49. The number of amides is 1. The summed E-state index contributed by atoms with van der Waals surface area (Å²) in [7, 11) is 0. The number of aliphatic hydroxyl groups excluding tert-OH is 1. The zero-order valence-electron chi connectivity index (χ0n) is 12.5. The molecule has 112 valence electrons. The van der Waals surface area contributed by atoms with Crippen LogP contribution in [-0.4, -0.2) is 28.8 Å². The maximum absolute atomic E-state index is 12.1. The van der Waals surface area contributed by atoms with Crippen molar-refractivity contribution in [3.8, 4) is 0 Å². The fourth-order valence-corrected chi connectivity index (χ4v) is 2.18. The highest BCUT2D eigenvalue weighted by Gasteiger charge is 2.27. The molecule has 0 saturated heterocycles. The molecule has 4 nitrogen and oxygen atoms in total. The van der Waals surface area contributed by atoms with Gasteiger partial charge < -0.3 is 15.5 Å². The van der Waals surface area contributed by atoms with Gasteiger partial charge in [-0.2, -0.15) is 0 Å². The van der Waals surface area contributed by atoms with Gasteiger partial charge in [0.05, 0.1) is 12.0 Å². The molecule has 3 N–H and O–H groups in total. The fraction of sp³-hybridized carbons (Fsp3) is 0.562. The van der Waals surface area contributed by atoms with E-state index < -0.39 is 5.60 Å². The molecule has 4 heteroatoms. The first kappa shape index (κ1) is 16.7. The molecule has 0 radical (unpaired) electrons. The standard InChI is InChI=1S/C16H25NO3/c1-12(2)14(9-10-18)17-15(19)11-16(3,20)13-7-5-4-6-8-13/h4-8,12,14,18,20H,9-11H2,1-3H3,(H,17,19). The molecule has 0 saturated carbocycles. The van der Waals surface area contributed by atoms with Gasteiger partial charge in [-0.25, -0.2) is 0 Å². The largest absolute Gasteiger partial charge is 0.396 e. The van der Waals surface area contributed by atoms with Crippen molar-refractivity contribution in [2.45, 2.75) is 45.3 Å². The van der Waals surface area contributed by atoms with Crippen LogP contribution < -0.4 is 5.32 Å². The number of nitrogens with one attached hydrogen (secondary N) is 1. The maximum atomic E-state index is 12.1. The molecule has 2 atom stereocenters. The molecule has 20 heavy (non-hydrogen) atoms. The quantitative estimate of drug-likeness (QED) is 0.713. The van der Waals surface area contributed by atoms with E-state index in [4.69, 9.17) is 5.11 Å². The molecule has 0 bridgehead atoms. The average molecular weight is 279 g/mol. The van der Waals surface area contributed by atoms with Crippen molar-refractivity contribution in [1.82, 2.24) is 5.32 Å². The summed E-state index contributed by atoms with van der Waals surface area (Å²) in [5.41, 5.74) is -0.468. The van der Waals surface area contributed by atoms with Crippen LogP contribution >= 0.6 is 0 Å². The van der Waals surface area contributed by atoms with E-state index in [0.717, 1.165) is 5.56 Å². The number of carbonyl (C=O) groups excluding carboxylic acids is 1. The predicted molar refractivity (Wildman–Crippen MR) is 79.1 cm³/mol. The summed E-state index contributed by atoms with van der Waals surface area (Å²) < 4.78 is 0. The molecule has 0 aliphatic carbocycles. The summed E-state index contributed by atoms with van der Waals surface area (Å²) in [5.74, 6) is 0.0405. The molecule has 0 spiro atoms. The Kier molecular flexibility index (Phi) is 6.17. The lowest BCUT2D eigenvalue weighted by Crippen LogP contribution is -2.42. The maximum Gasteiger partial charge on any atom is 0.223 e. The molecule has 1 aromatic carbocycles. The molecule has 0 aromatic heterocycles. The van der Waals surface area contributed by atoms with Crippen LogP contribution in [0.3, 0.4) is 0 Å². The zero-order chi connectivity index (χ0) is 15.2. The second kappa shape index (κ2) is 7.41. The molecule has 1 amide bonds. The first-order valence-corrected chi connectivity index (χ1v) is 7.05. The van der Waals surface area contributed by atoms with E-state index in [0.29, 0.717) is 6.42 Å². The van der Waals surface area contributed by atoms with Crippen LogP contribution in [0.15, 0.2) is 30.3 Å². The molecule has 1 rings (SSSR count). The highest BCUT2D eigenvalue weighted by Crippen LogP contribution is 2.24. The first-order valence-electron chi connectivity index (χ1n) is 7.05. The Labute approximate surface area is 120 Å². The van der Waals surface area contributed by atoms with Crippen molar-refractivity contribution < 1.29 is 15.0 Å². The SMILES string of the molecule is CC(C)C(CCO)NC(=O)CC(C)(O)c1ccccc1. The fourth-order valence-electron chi connectivity index (χ4n) is 2.18. The molecule has 1 aromatic rings. The Morgan fingerprint density at radius 1 is 1.30 bits per heavy atom. The molecule has 2 unspecified atom stereocenters. The highest BCUT2D eigenvalue weighted by molar-refractivity contribution is 5.77. The summed E-state index contributed by atoms with van der Waals surface area (Å²) in [4.78, 5) is 12.1. The van der Waals surface area contributed by atoms with Crippen LogP contribution in [0.5, 0.6) is 0 Å². The minimum atomic E-state index is -1.19. The van der Waals surface area contributed by atoms with Gasteiger partial charge in [-0.05, 0) is 24.8 Å². The Morgan fingerprint density at radius 2 is 1.90 bits per heavy atom. The Morgan fingerprint density at radius 3 is 2.40 bits per heavy atom. The van der Waals surface area contributed by atoms with Gasteiger partial charge in [0.25, 0.3) is 0 Å². The van der Waals surface area contributed by atoms with E-state index in [1.54, 1.807) is 19.1 Å². The van der Waals surface area contributed by atoms with Gasteiger partial charge in [0.1, 0.15) is 0 Å². The number of hydrogen-bond donors (Lipinski definition) is 3. The van der Waals surface area contributed by atoms with E-state index in [-0.39, 0.29) is 30.9 Å². The van der Waals surface area contributed by atoms with Crippen LogP contribution in [0, 0.1) is 5.92 Å². The van der Waals surface area contributed by atoms with Crippen LogP contribution in [-0.2, 0) is 10.4 Å². The third-order valence-electron chi connectivity index (χ3n) is 3.49. The first-order chi connectivity index (χ1) is 9.36. The van der Waals surface area contributed by atoms with Crippen molar-refractivity contribution in [3.05, 3.63) is 35.9 Å². The molecule has 0 aliphatic rings. The highest BCUT2D eigenvalue weighted by atomic mass is 16.3. The second-order valence-electron chi connectivity index (χ2n) is 5.75. The van der Waals surface area contributed by atoms with Crippen molar-refractivity contribution in [3.63, 3.8) is 0 Å². The minimum absolute atomic E-state index is 0.00562. The van der Waals surface area contributed by atoms with Gasteiger partial charge in [-0.3, -0.25) is 4.79 Å². The molecular formula is C16H25NO3.